The molecule has 0 saturated heterocycles. The topological polar surface area (TPSA) is 78.4 Å². The highest BCUT2D eigenvalue weighted by atomic mass is 19.3. The maximum absolute atomic E-state index is 12.8. The van der Waals surface area contributed by atoms with Crippen molar-refractivity contribution in [3.63, 3.8) is 0 Å². The smallest absolute Gasteiger partial charge is 0.376 e. The van der Waals surface area contributed by atoms with Crippen molar-refractivity contribution in [3.8, 4) is 11.6 Å². The van der Waals surface area contributed by atoms with Crippen LogP contribution in [0.15, 0.2) is 15.0 Å². The first-order chi connectivity index (χ1) is 9.02. The third-order valence-corrected chi connectivity index (χ3v) is 2.17. The van der Waals surface area contributed by atoms with Crippen LogP contribution in [-0.2, 0) is 4.74 Å². The number of nitrogens with zero attached hydrogens (tertiary/aromatic N) is 2. The van der Waals surface area contributed by atoms with E-state index in [-0.39, 0.29) is 18.2 Å². The first-order valence-corrected chi connectivity index (χ1v) is 5.42. The first-order valence-electron chi connectivity index (χ1n) is 5.42. The highest BCUT2D eigenvalue weighted by Crippen LogP contribution is 2.28. The lowest BCUT2D eigenvalue weighted by Gasteiger charge is -1.99. The van der Waals surface area contributed by atoms with Gasteiger partial charge in [0.1, 0.15) is 5.76 Å². The summed E-state index contributed by atoms with van der Waals surface area (Å²) in [5.41, 5.74) is -0.635. The van der Waals surface area contributed by atoms with E-state index in [1.807, 2.05) is 0 Å². The number of carbonyl (C=O) groups is 1. The number of halogens is 2. The molecule has 102 valence electrons. The second kappa shape index (κ2) is 5.17. The Morgan fingerprint density at radius 3 is 2.79 bits per heavy atom. The van der Waals surface area contributed by atoms with E-state index < -0.39 is 23.8 Å². The number of rotatable bonds is 4. The van der Waals surface area contributed by atoms with Crippen LogP contribution in [-0.4, -0.2) is 22.7 Å². The largest absolute Gasteiger partial charge is 0.460 e. The third kappa shape index (κ3) is 2.61. The fourth-order valence-corrected chi connectivity index (χ4v) is 1.40. The van der Waals surface area contributed by atoms with Gasteiger partial charge in [-0.25, -0.2) is 18.6 Å². The van der Waals surface area contributed by atoms with E-state index in [0.29, 0.717) is 5.76 Å². The summed E-state index contributed by atoms with van der Waals surface area (Å²) in [4.78, 5) is 15.0. The van der Waals surface area contributed by atoms with E-state index >= 15 is 0 Å². The van der Waals surface area contributed by atoms with E-state index in [1.165, 1.54) is 6.07 Å². The molecule has 19 heavy (non-hydrogen) atoms. The fourth-order valence-electron chi connectivity index (χ4n) is 1.40. The molecular weight excluding hydrogens is 262 g/mol. The molecule has 0 aliphatic heterocycles. The summed E-state index contributed by atoms with van der Waals surface area (Å²) >= 11 is 0. The minimum atomic E-state index is -2.95. The zero-order valence-corrected chi connectivity index (χ0v) is 10.1. The summed E-state index contributed by atoms with van der Waals surface area (Å²) in [6.45, 7) is 3.22. The average molecular weight is 272 g/mol. The van der Waals surface area contributed by atoms with Gasteiger partial charge in [-0.05, 0) is 13.8 Å². The van der Waals surface area contributed by atoms with Crippen LogP contribution >= 0.6 is 0 Å². The van der Waals surface area contributed by atoms with Gasteiger partial charge in [0.2, 0.25) is 11.7 Å². The summed E-state index contributed by atoms with van der Waals surface area (Å²) in [5, 5.41) is 3.58. The van der Waals surface area contributed by atoms with Crippen LogP contribution in [0.2, 0.25) is 0 Å². The Morgan fingerprint density at radius 2 is 2.26 bits per heavy atom. The summed E-state index contributed by atoms with van der Waals surface area (Å²) in [5.74, 6) is -1.36. The van der Waals surface area contributed by atoms with E-state index in [4.69, 9.17) is 8.94 Å². The predicted molar refractivity (Wildman–Crippen MR) is 57.7 cm³/mol. The Balaban J connectivity index is 2.43. The molecule has 2 aromatic rings. The van der Waals surface area contributed by atoms with Gasteiger partial charge in [0, 0.05) is 6.07 Å². The van der Waals surface area contributed by atoms with Crippen LogP contribution < -0.4 is 0 Å². The SMILES string of the molecule is CCOC(=O)c1oc(-c2cc(C)on2)nc1C(F)F. The number of esters is 1. The van der Waals surface area contributed by atoms with Crippen LogP contribution in [0.1, 0.15) is 35.4 Å². The summed E-state index contributed by atoms with van der Waals surface area (Å²) < 4.78 is 40.0. The molecule has 0 bridgehead atoms. The number of hydrogen-bond donors (Lipinski definition) is 0. The highest BCUT2D eigenvalue weighted by Gasteiger charge is 2.28. The quantitative estimate of drug-likeness (QED) is 0.796. The van der Waals surface area contributed by atoms with Crippen molar-refractivity contribution in [2.24, 2.45) is 0 Å². The normalized spacial score (nSPS) is 11.0. The maximum Gasteiger partial charge on any atom is 0.376 e. The van der Waals surface area contributed by atoms with Gasteiger partial charge in [0.25, 0.3) is 6.43 Å². The zero-order chi connectivity index (χ0) is 14.0. The molecule has 0 N–H and O–H groups in total. The average Bonchev–Trinajstić information content (AvgIpc) is 2.94. The Labute approximate surface area is 106 Å². The lowest BCUT2D eigenvalue weighted by Crippen LogP contribution is -2.06. The standard InChI is InChI=1S/C11H10F2N2O4/c1-3-17-11(16)8-7(9(12)13)14-10(18-8)6-4-5(2)19-15-6/h4,9H,3H2,1-2H3. The zero-order valence-electron chi connectivity index (χ0n) is 10.1. The lowest BCUT2D eigenvalue weighted by molar-refractivity contribution is 0.0476. The van der Waals surface area contributed by atoms with Crippen molar-refractivity contribution < 1.29 is 27.3 Å². The molecule has 0 spiro atoms. The molecule has 2 heterocycles. The molecule has 0 amide bonds. The Hall–Kier alpha value is -2.25. The highest BCUT2D eigenvalue weighted by molar-refractivity contribution is 5.88. The van der Waals surface area contributed by atoms with Gasteiger partial charge in [-0.2, -0.15) is 0 Å². The molecule has 2 aromatic heterocycles. The number of hydrogen-bond acceptors (Lipinski definition) is 6. The van der Waals surface area contributed by atoms with Crippen LogP contribution in [0.3, 0.4) is 0 Å². The van der Waals surface area contributed by atoms with Crippen molar-refractivity contribution in [1.82, 2.24) is 10.1 Å². The second-order valence-corrected chi connectivity index (χ2v) is 3.58. The monoisotopic (exact) mass is 272 g/mol. The molecule has 0 aliphatic carbocycles. The molecule has 8 heteroatoms. The van der Waals surface area contributed by atoms with Crippen molar-refractivity contribution >= 4 is 5.97 Å². The molecule has 0 atom stereocenters. The minimum Gasteiger partial charge on any atom is -0.460 e. The predicted octanol–water partition coefficient (Wildman–Crippen LogP) is 2.75. The number of alkyl halides is 2. The summed E-state index contributed by atoms with van der Waals surface area (Å²) in [6.07, 6.45) is -2.95. The van der Waals surface area contributed by atoms with E-state index in [2.05, 4.69) is 14.9 Å². The van der Waals surface area contributed by atoms with E-state index in [1.54, 1.807) is 13.8 Å². The Morgan fingerprint density at radius 1 is 1.53 bits per heavy atom. The van der Waals surface area contributed by atoms with Gasteiger partial charge in [0.15, 0.2) is 11.4 Å². The third-order valence-electron chi connectivity index (χ3n) is 2.17. The van der Waals surface area contributed by atoms with Crippen molar-refractivity contribution in [2.45, 2.75) is 20.3 Å². The minimum absolute atomic E-state index is 0.0423. The van der Waals surface area contributed by atoms with Gasteiger partial charge < -0.3 is 13.7 Å². The van der Waals surface area contributed by atoms with Crippen LogP contribution in [0.25, 0.3) is 11.6 Å². The molecule has 0 aromatic carbocycles. The molecule has 6 nitrogen and oxygen atoms in total. The number of aromatic nitrogens is 2. The molecule has 0 aliphatic rings. The first kappa shape index (κ1) is 13.2. The molecule has 0 unspecified atom stereocenters. The van der Waals surface area contributed by atoms with Crippen molar-refractivity contribution in [1.29, 1.82) is 0 Å². The van der Waals surface area contributed by atoms with E-state index in [0.717, 1.165) is 0 Å². The molecule has 0 fully saturated rings. The van der Waals surface area contributed by atoms with Gasteiger partial charge in [0.05, 0.1) is 6.61 Å². The number of carbonyl (C=O) groups excluding carboxylic acids is 1. The van der Waals surface area contributed by atoms with Crippen molar-refractivity contribution in [3.05, 3.63) is 23.3 Å². The van der Waals surface area contributed by atoms with Gasteiger partial charge in [-0.1, -0.05) is 5.16 Å². The Kier molecular flexibility index (Phi) is 3.59. The second-order valence-electron chi connectivity index (χ2n) is 3.58. The van der Waals surface area contributed by atoms with Crippen LogP contribution in [0.5, 0.6) is 0 Å². The van der Waals surface area contributed by atoms with Crippen LogP contribution in [0.4, 0.5) is 8.78 Å². The molecule has 0 saturated carbocycles. The molecular formula is C11H10F2N2O4. The summed E-state index contributed by atoms with van der Waals surface area (Å²) in [6, 6.07) is 1.45. The van der Waals surface area contributed by atoms with Gasteiger partial charge >= 0.3 is 5.97 Å². The molecule has 2 rings (SSSR count). The summed E-state index contributed by atoms with van der Waals surface area (Å²) in [7, 11) is 0. The number of ether oxygens (including phenoxy) is 1. The molecule has 0 radical (unpaired) electrons. The lowest BCUT2D eigenvalue weighted by atomic mass is 10.3. The number of aryl methyl sites for hydroxylation is 1. The fraction of sp³-hybridized carbons (Fsp3) is 0.364. The van der Waals surface area contributed by atoms with Gasteiger partial charge in [-0.3, -0.25) is 0 Å². The van der Waals surface area contributed by atoms with Crippen molar-refractivity contribution in [2.75, 3.05) is 6.61 Å². The number of oxazole rings is 1. The van der Waals surface area contributed by atoms with E-state index in [9.17, 15) is 13.6 Å². The van der Waals surface area contributed by atoms with Crippen LogP contribution in [0, 0.1) is 6.92 Å². The van der Waals surface area contributed by atoms with Gasteiger partial charge in [-0.15, -0.1) is 0 Å². The Bertz CT molecular complexity index is 591. The maximum atomic E-state index is 12.8.